The number of hydrogen-bond donors (Lipinski definition) is 5. The number of nitrogens with zero attached hydrogens (tertiary/aromatic N) is 8. The second kappa shape index (κ2) is 24.2. The van der Waals surface area contributed by atoms with Crippen molar-refractivity contribution in [2.75, 3.05) is 50.1 Å². The minimum absolute atomic E-state index is 0.0159. The number of rotatable bonds is 16. The Morgan fingerprint density at radius 1 is 0.909 bits per heavy atom. The number of aliphatic hydroxyl groups excluding tert-OH is 2. The maximum absolute atomic E-state index is 16.0. The maximum atomic E-state index is 16.0. The highest BCUT2D eigenvalue weighted by Crippen LogP contribution is 2.52. The number of benzene rings is 5. The van der Waals surface area contributed by atoms with Gasteiger partial charge in [0.15, 0.2) is 5.75 Å². The van der Waals surface area contributed by atoms with Gasteiger partial charge in [-0.2, -0.15) is 28.4 Å². The number of nitrogen functional groups attached to an aromatic ring is 1. The van der Waals surface area contributed by atoms with Gasteiger partial charge in [0.1, 0.15) is 76.2 Å². The molecule has 3 aromatic heterocycles. The smallest absolute Gasteiger partial charge is 0.417 e. The second-order valence-electron chi connectivity index (χ2n) is 22.8. The summed E-state index contributed by atoms with van der Waals surface area (Å²) in [4.78, 5) is 41.5. The van der Waals surface area contributed by atoms with Crippen molar-refractivity contribution in [3.05, 3.63) is 131 Å². The summed E-state index contributed by atoms with van der Waals surface area (Å²) in [5, 5.41) is 46.4. The van der Waals surface area contributed by atoms with Crippen LogP contribution < -0.4 is 30.7 Å². The van der Waals surface area contributed by atoms with Gasteiger partial charge in [-0.3, -0.25) is 9.59 Å². The van der Waals surface area contributed by atoms with E-state index in [0.29, 0.717) is 73.7 Å². The monoisotopic (exact) mass is 1230 g/mol. The first kappa shape index (κ1) is 59.8. The first-order valence-electron chi connectivity index (χ1n) is 28.7. The van der Waals surface area contributed by atoms with Gasteiger partial charge in [0.05, 0.1) is 59.6 Å². The number of aliphatic hydroxyl groups is 2. The molecular formula is C62H58F7N11O7S. The highest BCUT2D eigenvalue weighted by molar-refractivity contribution is 7.23. The molecule has 2 amide bonds. The lowest BCUT2D eigenvalue weighted by Gasteiger charge is -2.35. The zero-order chi connectivity index (χ0) is 61.9. The predicted octanol–water partition coefficient (Wildman–Crippen LogP) is 9.55. The van der Waals surface area contributed by atoms with Gasteiger partial charge in [0.2, 0.25) is 11.8 Å². The molecule has 0 radical (unpaired) electrons. The Balaban J connectivity index is 0.839. The van der Waals surface area contributed by atoms with Gasteiger partial charge in [-0.15, -0.1) is 16.4 Å². The normalized spacial score (nSPS) is 19.6. The number of nitriles is 1. The van der Waals surface area contributed by atoms with Crippen LogP contribution >= 0.6 is 11.3 Å². The molecule has 2 unspecified atom stereocenters. The molecule has 4 aliphatic heterocycles. The van der Waals surface area contributed by atoms with Gasteiger partial charge in [0.25, 0.3) is 0 Å². The fourth-order valence-electron chi connectivity index (χ4n) is 12.4. The number of likely N-dealkylation sites (tertiary alicyclic amines) is 1. The van der Waals surface area contributed by atoms with Crippen LogP contribution in [0.15, 0.2) is 85.1 Å². The van der Waals surface area contributed by atoms with Gasteiger partial charge in [-0.05, 0) is 53.1 Å². The molecule has 6 N–H and O–H groups in total. The number of carbonyl (C=O) groups excluding carboxylic acids is 2. The zero-order valence-corrected chi connectivity index (χ0v) is 48.1. The van der Waals surface area contributed by atoms with Crippen molar-refractivity contribution >= 4 is 55.0 Å². The lowest BCUT2D eigenvalue weighted by molar-refractivity contribution is -0.142. The number of nitrogens with one attached hydrogen (secondary N) is 2. The fraction of sp³-hybridized carbons (Fsp3) is 0.371. The molecule has 26 heteroatoms. The van der Waals surface area contributed by atoms with Gasteiger partial charge >= 0.3 is 12.2 Å². The quantitative estimate of drug-likeness (QED) is 0.0566. The number of anilines is 2. The Hall–Kier alpha value is -8.48. The number of halogens is 7. The van der Waals surface area contributed by atoms with Crippen molar-refractivity contribution in [3.8, 4) is 51.3 Å². The molecule has 0 saturated carbocycles. The van der Waals surface area contributed by atoms with Crippen LogP contribution in [0, 0.1) is 40.5 Å². The third-order valence-electron chi connectivity index (χ3n) is 16.7. The van der Waals surface area contributed by atoms with Crippen LogP contribution in [0.4, 0.5) is 41.6 Å². The molecule has 0 aliphatic carbocycles. The zero-order valence-electron chi connectivity index (χ0n) is 47.3. The van der Waals surface area contributed by atoms with E-state index in [1.165, 1.54) is 39.9 Å². The number of thiophene rings is 1. The summed E-state index contributed by atoms with van der Waals surface area (Å²) >= 11 is 0.744. The van der Waals surface area contributed by atoms with E-state index in [1.807, 2.05) is 11.0 Å². The minimum atomic E-state index is -5.05. The van der Waals surface area contributed by atoms with Crippen LogP contribution in [0.3, 0.4) is 0 Å². The van der Waals surface area contributed by atoms with E-state index >= 15 is 17.6 Å². The second-order valence-corrected chi connectivity index (χ2v) is 23.9. The summed E-state index contributed by atoms with van der Waals surface area (Å²) in [5.41, 5.74) is 5.52. The Morgan fingerprint density at radius 3 is 2.26 bits per heavy atom. The van der Waals surface area contributed by atoms with E-state index in [9.17, 15) is 38.2 Å². The molecule has 4 saturated heterocycles. The van der Waals surface area contributed by atoms with E-state index in [4.69, 9.17) is 29.9 Å². The minimum Gasteiger partial charge on any atom is -0.486 e. The molecule has 4 aliphatic rings. The summed E-state index contributed by atoms with van der Waals surface area (Å²) in [6.07, 6.45) is -2.33. The van der Waals surface area contributed by atoms with Gasteiger partial charge in [-0.1, -0.05) is 73.7 Å². The average Bonchev–Trinajstić information content (AvgIpc) is 1.15. The summed E-state index contributed by atoms with van der Waals surface area (Å²) in [5.74, 6) is -5.89. The fourth-order valence-corrected chi connectivity index (χ4v) is 13.4. The molecule has 4 fully saturated rings. The van der Waals surface area contributed by atoms with Crippen molar-refractivity contribution in [3.63, 3.8) is 0 Å². The third kappa shape index (κ3) is 11.6. The number of hydrogen-bond acceptors (Lipinski definition) is 16. The van der Waals surface area contributed by atoms with E-state index in [0.717, 1.165) is 36.3 Å². The van der Waals surface area contributed by atoms with Gasteiger partial charge in [0, 0.05) is 85.0 Å². The first-order chi connectivity index (χ1) is 42.2. The Morgan fingerprint density at radius 2 is 1.60 bits per heavy atom. The highest BCUT2D eigenvalue weighted by Gasteiger charge is 2.44. The molecule has 18 nitrogen and oxygen atoms in total. The van der Waals surface area contributed by atoms with E-state index in [2.05, 4.69) is 20.9 Å². The largest absolute Gasteiger partial charge is 0.486 e. The number of aromatic nitrogens is 5. The molecule has 5 aromatic carbocycles. The number of piperazine rings is 1. The third-order valence-corrected chi connectivity index (χ3v) is 17.7. The molecule has 0 spiro atoms. The number of nitrogens with two attached hydrogens (primary N) is 1. The summed E-state index contributed by atoms with van der Waals surface area (Å²) in [6, 6.07) is 15.3. The standard InChI is InChI=1S/C62H58F7N11O7S/c1-30(2)54(60(84)79-26-38(82)21-49(79)59(83)73-48(28-81)33-7-9-34(10-8-33)50-45(65)19-35(63)20-46(50)66)80-27-47(76-77-80)32-5-3-31(4-6-32)29-86-55-52(40-13-14-44(64)56-51(40)42(23-70)57(71)88-56)43(62(67,68)69)22-41-53(55)74-61(87-39-15-17-85-18-16-39)75-58(41)78-24-36-11-12-37(25-78)72-36/h3-10,13-14,19-20,22,27,30,36-39,48-49,54,72,81-82H,11-12,15-18,21,24-26,28-29,71H2,1-2H3,(H,73,83)/t36?,37?,38-,48+,49+,54+/m1/s1. The van der Waals surface area contributed by atoms with E-state index < -0.39 is 94.7 Å². The lowest BCUT2D eigenvalue weighted by Crippen LogP contribution is -2.51. The molecule has 8 aromatic rings. The Kier molecular flexibility index (Phi) is 16.5. The van der Waals surface area contributed by atoms with Gasteiger partial charge < -0.3 is 50.6 Å². The average molecular weight is 1230 g/mol. The number of fused-ring (bicyclic) bond motifs is 4. The highest BCUT2D eigenvalue weighted by atomic mass is 32.1. The van der Waals surface area contributed by atoms with E-state index in [-0.39, 0.29) is 98.0 Å². The Labute approximate surface area is 502 Å². The lowest BCUT2D eigenvalue weighted by atomic mass is 9.92. The summed E-state index contributed by atoms with van der Waals surface area (Å²) in [6.45, 7) is 4.12. The van der Waals surface area contributed by atoms with Crippen LogP contribution in [-0.4, -0.2) is 122 Å². The van der Waals surface area contributed by atoms with Crippen molar-refractivity contribution in [1.82, 2.24) is 40.5 Å². The van der Waals surface area contributed by atoms with Crippen LogP contribution in [0.25, 0.3) is 54.5 Å². The number of carbonyl (C=O) groups is 2. The maximum Gasteiger partial charge on any atom is 0.417 e. The van der Waals surface area contributed by atoms with E-state index in [1.54, 1.807) is 44.3 Å². The molecule has 2 bridgehead atoms. The molecule has 7 heterocycles. The van der Waals surface area contributed by atoms with Crippen molar-refractivity contribution in [1.29, 1.82) is 5.26 Å². The van der Waals surface area contributed by atoms with Crippen molar-refractivity contribution < 1.29 is 64.7 Å². The number of amides is 2. The molecule has 88 heavy (non-hydrogen) atoms. The van der Waals surface area contributed by atoms with Crippen LogP contribution in [0.5, 0.6) is 11.8 Å². The van der Waals surface area contributed by atoms with Crippen LogP contribution in [0.2, 0.25) is 0 Å². The molecule has 458 valence electrons. The predicted molar refractivity (Wildman–Crippen MR) is 311 cm³/mol. The topological polar surface area (TPSA) is 239 Å². The van der Waals surface area contributed by atoms with Gasteiger partial charge in [-0.25, -0.2) is 22.2 Å². The van der Waals surface area contributed by atoms with Crippen LogP contribution in [-0.2, 0) is 27.1 Å². The SMILES string of the molecule is CC(C)[C@@H](C(=O)N1C[C@H](O)C[C@H]1C(=O)N[C@@H](CO)c1ccc(-c2c(F)cc(F)cc2F)cc1)n1cc(-c2ccc(COc3c(-c4ccc(F)c5sc(N)c(C#N)c45)c(C(F)(F)F)cc4c(N5CC6CCC(C5)N6)nc(OC5CCOCC5)nc34)cc2)nn1. The molecule has 6 atom stereocenters. The molecule has 12 rings (SSSR count). The van der Waals surface area contributed by atoms with Crippen molar-refractivity contribution in [2.24, 2.45) is 5.92 Å². The summed E-state index contributed by atoms with van der Waals surface area (Å²) < 4.78 is 126. The number of β-amino-alcohol motifs (C(OH)–C–C–N with tert-alkyl or cyclic N) is 1. The molecular weight excluding hydrogens is 1180 g/mol. The summed E-state index contributed by atoms with van der Waals surface area (Å²) in [7, 11) is 0. The number of ether oxygens (including phenoxy) is 3. The first-order valence-corrected chi connectivity index (χ1v) is 29.5. The number of alkyl halides is 3. The van der Waals surface area contributed by atoms with Crippen molar-refractivity contribution in [2.45, 2.75) is 101 Å². The van der Waals surface area contributed by atoms with Crippen LogP contribution in [0.1, 0.15) is 80.3 Å². The Bertz CT molecular complexity index is 3990.